The molecule has 0 amide bonds. The van der Waals surface area contributed by atoms with E-state index in [9.17, 15) is 0 Å². The summed E-state index contributed by atoms with van der Waals surface area (Å²) in [6.07, 6.45) is 9.30. The van der Waals surface area contributed by atoms with Gasteiger partial charge in [0.15, 0.2) is 0 Å². The van der Waals surface area contributed by atoms with Crippen LogP contribution in [0.1, 0.15) is 134 Å². The minimum atomic E-state index is -2.89. The van der Waals surface area contributed by atoms with Gasteiger partial charge in [0.05, 0.1) is 0 Å². The van der Waals surface area contributed by atoms with Gasteiger partial charge < -0.3 is 0 Å². The first-order chi connectivity index (χ1) is 22.4. The Morgan fingerprint density at radius 3 is 1.48 bits per heavy atom. The third-order valence-corrected chi connectivity index (χ3v) is 18.0. The molecule has 0 aromatic heterocycles. The van der Waals surface area contributed by atoms with Crippen LogP contribution in [-0.2, 0) is 49.3 Å². The van der Waals surface area contributed by atoms with Crippen molar-refractivity contribution in [2.75, 3.05) is 0 Å². The zero-order valence-corrected chi connectivity index (χ0v) is 36.6. The summed E-state index contributed by atoms with van der Waals surface area (Å²) in [6, 6.07) is 30.6. The summed E-state index contributed by atoms with van der Waals surface area (Å²) in [6.45, 7) is 29.1. The van der Waals surface area contributed by atoms with Crippen molar-refractivity contribution in [1.82, 2.24) is 0 Å². The maximum atomic E-state index is 2.64. The number of fused-ring (bicyclic) bond motifs is 3. The first-order valence-corrected chi connectivity index (χ1v) is 21.7. The van der Waals surface area contributed by atoms with E-state index in [-0.39, 0.29) is 46.5 Å². The molecule has 0 spiro atoms. The Morgan fingerprint density at radius 2 is 1.04 bits per heavy atom. The Bertz CT molecular complexity index is 1920. The summed E-state index contributed by atoms with van der Waals surface area (Å²) in [7, 11) is 0. The normalized spacial score (nSPS) is 14.0. The van der Waals surface area contributed by atoms with Crippen LogP contribution in [0.4, 0.5) is 0 Å². The van der Waals surface area contributed by atoms with E-state index in [2.05, 4.69) is 180 Å². The number of allylic oxidation sites excluding steroid dienone is 4. The smallest absolute Gasteiger partial charge is 0.147 e. The molecular formula is C47H58Cl2Zr. The van der Waals surface area contributed by atoms with Gasteiger partial charge in [-0.05, 0) is 0 Å². The molecule has 4 aromatic rings. The molecule has 3 heteroatoms. The zero-order valence-electron chi connectivity index (χ0n) is 32.5. The summed E-state index contributed by atoms with van der Waals surface area (Å²) in [5.41, 5.74) is 15.1. The van der Waals surface area contributed by atoms with Crippen molar-refractivity contribution in [3.63, 3.8) is 0 Å². The molecule has 0 atom stereocenters. The monoisotopic (exact) mass is 782 g/mol. The number of hydrogen-bond acceptors (Lipinski definition) is 0. The molecule has 0 saturated heterocycles. The van der Waals surface area contributed by atoms with Gasteiger partial charge in [0.25, 0.3) is 0 Å². The molecule has 0 nitrogen and oxygen atoms in total. The van der Waals surface area contributed by atoms with E-state index in [0.29, 0.717) is 0 Å². The minimum Gasteiger partial charge on any atom is -0.147 e. The summed E-state index contributed by atoms with van der Waals surface area (Å²) >= 11 is -2.89. The molecule has 4 aromatic carbocycles. The fourth-order valence-corrected chi connectivity index (χ4v) is 17.0. The van der Waals surface area contributed by atoms with Gasteiger partial charge in [0.2, 0.25) is 0 Å². The van der Waals surface area contributed by atoms with Gasteiger partial charge in [-0.15, -0.1) is 24.8 Å². The van der Waals surface area contributed by atoms with Gasteiger partial charge in [-0.2, -0.15) is 0 Å². The third kappa shape index (κ3) is 7.73. The van der Waals surface area contributed by atoms with Crippen molar-refractivity contribution < 1.29 is 21.3 Å². The summed E-state index contributed by atoms with van der Waals surface area (Å²) < 4.78 is 5.02. The fourth-order valence-electron chi connectivity index (χ4n) is 8.01. The zero-order chi connectivity index (χ0) is 34.8. The molecule has 6 rings (SSSR count). The van der Waals surface area contributed by atoms with Crippen molar-refractivity contribution in [3.05, 3.63) is 145 Å². The van der Waals surface area contributed by atoms with E-state index in [1.165, 1.54) is 44.5 Å². The summed E-state index contributed by atoms with van der Waals surface area (Å²) in [4.78, 5) is 0. The van der Waals surface area contributed by atoms with Crippen LogP contribution in [-0.4, -0.2) is 3.21 Å². The van der Waals surface area contributed by atoms with Crippen molar-refractivity contribution in [2.24, 2.45) is 0 Å². The van der Waals surface area contributed by atoms with Crippen molar-refractivity contribution >= 4 is 31.3 Å². The number of halogens is 2. The molecule has 264 valence electrons. The second kappa shape index (κ2) is 14.6. The van der Waals surface area contributed by atoms with Gasteiger partial charge in [-0.1, -0.05) is 0 Å². The van der Waals surface area contributed by atoms with Gasteiger partial charge in [0.1, 0.15) is 0 Å². The quantitative estimate of drug-likeness (QED) is 0.170. The molecule has 0 radical (unpaired) electrons. The fraction of sp³-hybridized carbons (Fsp3) is 0.383. The van der Waals surface area contributed by atoms with Crippen molar-refractivity contribution in [2.45, 2.75) is 118 Å². The third-order valence-electron chi connectivity index (χ3n) is 10.2. The van der Waals surface area contributed by atoms with Crippen LogP contribution in [0.5, 0.6) is 0 Å². The van der Waals surface area contributed by atoms with Gasteiger partial charge in [-0.25, -0.2) is 0 Å². The van der Waals surface area contributed by atoms with Crippen LogP contribution in [0, 0.1) is 0 Å². The number of rotatable bonds is 4. The standard InChI is InChI=1S/C29H41.C13H10.C5H5.2ClH.Zr/c1-26(2,3)22-14-18-13-19-15-23(27(4,5)6)25(29(10,11)12)17-21(19)20(18)16-24(22)28(7,8)9;1-3-7-12(8-4-1)11-13-9-5-2-6-10-13;1-2-4-5-3-1;;;/h14,16-17H,13H2,1-12H3;1-10H;1-3H,4H2;2*1H;. The van der Waals surface area contributed by atoms with Crippen LogP contribution in [0.15, 0.2) is 100 Å². The Balaban J connectivity index is 0.00000281. The van der Waals surface area contributed by atoms with Crippen LogP contribution in [0.3, 0.4) is 0 Å². The van der Waals surface area contributed by atoms with E-state index in [1.807, 2.05) is 0 Å². The maximum absolute atomic E-state index is 2.89. The topological polar surface area (TPSA) is 0 Å². The molecule has 0 unspecified atom stereocenters. The van der Waals surface area contributed by atoms with Gasteiger partial charge in [-0.3, -0.25) is 0 Å². The predicted octanol–water partition coefficient (Wildman–Crippen LogP) is 12.6. The Hall–Kier alpha value is -2.31. The molecule has 0 N–H and O–H groups in total. The number of benzene rings is 4. The summed E-state index contributed by atoms with van der Waals surface area (Å²) in [5, 5.41) is 0. The minimum absolute atomic E-state index is 0. The first-order valence-electron chi connectivity index (χ1n) is 18.0. The van der Waals surface area contributed by atoms with Crippen molar-refractivity contribution in [3.8, 4) is 11.1 Å². The van der Waals surface area contributed by atoms with E-state index in [0.717, 1.165) is 12.8 Å². The molecule has 0 aliphatic heterocycles. The largest absolute Gasteiger partial charge is 0.147 e. The molecule has 0 saturated carbocycles. The number of hydrogen-bond donors (Lipinski definition) is 0. The average molecular weight is 785 g/mol. The second-order valence-electron chi connectivity index (χ2n) is 18.2. The van der Waals surface area contributed by atoms with E-state index >= 15 is 0 Å². The van der Waals surface area contributed by atoms with Crippen LogP contribution >= 0.6 is 24.8 Å². The van der Waals surface area contributed by atoms with Crippen LogP contribution < -0.4 is 3.27 Å². The van der Waals surface area contributed by atoms with E-state index in [1.54, 1.807) is 20.9 Å². The second-order valence-corrected chi connectivity index (χ2v) is 24.1. The first kappa shape index (κ1) is 40.5. The van der Waals surface area contributed by atoms with E-state index < -0.39 is 21.3 Å². The van der Waals surface area contributed by atoms with Gasteiger partial charge >= 0.3 is 301 Å². The summed E-state index contributed by atoms with van der Waals surface area (Å²) in [5.74, 6) is 0. The van der Waals surface area contributed by atoms with Crippen LogP contribution in [0.2, 0.25) is 0 Å². The molecule has 0 fully saturated rings. The molecular weight excluding hydrogens is 727 g/mol. The van der Waals surface area contributed by atoms with Crippen LogP contribution in [0.25, 0.3) is 11.1 Å². The average Bonchev–Trinajstić information content (AvgIpc) is 3.65. The maximum Gasteiger partial charge on any atom is -0.147 e. The molecule has 50 heavy (non-hydrogen) atoms. The molecule has 0 bridgehead atoms. The molecule has 0 heterocycles. The molecule has 2 aliphatic carbocycles. The Labute approximate surface area is 323 Å². The van der Waals surface area contributed by atoms with Crippen molar-refractivity contribution in [1.29, 1.82) is 0 Å². The Morgan fingerprint density at radius 1 is 0.560 bits per heavy atom. The van der Waals surface area contributed by atoms with E-state index in [4.69, 9.17) is 0 Å². The SMILES string of the molecule is CC(C)(C)c1cc2c(cc1C(C)(C)C)-c1cc(C(C)(C)C)c(C(C)(C)C)[c]([Zr]([C]3=CC=CC3)=[C](c3ccccc3)c3ccccc3)c1C2.Cl.Cl. The predicted molar refractivity (Wildman–Crippen MR) is 222 cm³/mol. The molecule has 2 aliphatic rings. The van der Waals surface area contributed by atoms with Gasteiger partial charge in [0, 0.05) is 0 Å². The Kier molecular flexibility index (Phi) is 11.8.